The van der Waals surface area contributed by atoms with Crippen molar-refractivity contribution < 1.29 is 22.8 Å². The number of carbonyl (C=O) groups excluding carboxylic acids is 2. The van der Waals surface area contributed by atoms with Gasteiger partial charge in [-0.05, 0) is 49.4 Å². The Hall–Kier alpha value is -4.60. The molecule has 0 unspecified atom stereocenters. The molecular weight excluding hydrogens is 473 g/mol. The Morgan fingerprint density at radius 1 is 0.833 bits per heavy atom. The van der Waals surface area contributed by atoms with E-state index in [4.69, 9.17) is 0 Å². The van der Waals surface area contributed by atoms with Crippen LogP contribution in [0.2, 0.25) is 0 Å². The highest BCUT2D eigenvalue weighted by molar-refractivity contribution is 6.08. The predicted molar refractivity (Wildman–Crippen MR) is 130 cm³/mol. The third-order valence-corrected chi connectivity index (χ3v) is 5.65. The third kappa shape index (κ3) is 4.78. The van der Waals surface area contributed by atoms with E-state index < -0.39 is 34.7 Å². The Labute approximate surface area is 203 Å². The molecule has 7 nitrogen and oxygen atoms in total. The second kappa shape index (κ2) is 9.57. The minimum Gasteiger partial charge on any atom is -0.322 e. The van der Waals surface area contributed by atoms with Crippen LogP contribution in [-0.4, -0.2) is 21.2 Å². The molecule has 0 aliphatic heterocycles. The molecule has 2 N–H and O–H groups in total. The summed E-state index contributed by atoms with van der Waals surface area (Å²) in [4.78, 5) is 38.5. The zero-order valence-corrected chi connectivity index (χ0v) is 19.3. The van der Waals surface area contributed by atoms with Crippen LogP contribution in [0.5, 0.6) is 0 Å². The second-order valence-corrected chi connectivity index (χ2v) is 7.97. The summed E-state index contributed by atoms with van der Waals surface area (Å²) < 4.78 is 42.8. The van der Waals surface area contributed by atoms with Crippen molar-refractivity contribution in [2.24, 2.45) is 7.05 Å². The summed E-state index contributed by atoms with van der Waals surface area (Å²) in [5.74, 6) is -1.59. The molecule has 3 aromatic carbocycles. The van der Waals surface area contributed by atoms with Gasteiger partial charge in [0.2, 0.25) is 0 Å². The van der Waals surface area contributed by atoms with E-state index in [1.54, 1.807) is 42.9 Å². The number of amides is 2. The summed E-state index contributed by atoms with van der Waals surface area (Å²) in [6, 6.07) is 19.0. The van der Waals surface area contributed by atoms with Gasteiger partial charge in [0.25, 0.3) is 17.4 Å². The number of nitrogens with zero attached hydrogens (tertiary/aromatic N) is 2. The molecule has 0 saturated carbocycles. The fraction of sp³-hybridized carbons (Fsp3) is 0.115. The average Bonchev–Trinajstić information content (AvgIpc) is 3.07. The lowest BCUT2D eigenvalue weighted by Gasteiger charge is -2.13. The summed E-state index contributed by atoms with van der Waals surface area (Å²) in [5, 5.41) is 5.01. The van der Waals surface area contributed by atoms with Crippen LogP contribution in [0.4, 0.5) is 24.5 Å². The average molecular weight is 494 g/mol. The first-order chi connectivity index (χ1) is 17.1. The molecule has 0 saturated heterocycles. The molecular formula is C26H21F3N4O3. The van der Waals surface area contributed by atoms with Crippen molar-refractivity contribution in [3.05, 3.63) is 112 Å². The quantitative estimate of drug-likeness (QED) is 0.409. The maximum absolute atomic E-state index is 13.3. The molecule has 2 amide bonds. The first kappa shape index (κ1) is 24.5. The Kier molecular flexibility index (Phi) is 6.52. The van der Waals surface area contributed by atoms with E-state index in [9.17, 15) is 27.6 Å². The van der Waals surface area contributed by atoms with Gasteiger partial charge >= 0.3 is 6.18 Å². The summed E-state index contributed by atoms with van der Waals surface area (Å²) in [6.07, 6.45) is -4.70. The Morgan fingerprint density at radius 3 is 2.19 bits per heavy atom. The molecule has 4 aromatic rings. The molecule has 0 aliphatic rings. The van der Waals surface area contributed by atoms with E-state index in [0.29, 0.717) is 11.4 Å². The smallest absolute Gasteiger partial charge is 0.322 e. The van der Waals surface area contributed by atoms with E-state index in [1.165, 1.54) is 41.1 Å². The molecule has 0 aliphatic carbocycles. The van der Waals surface area contributed by atoms with Crippen molar-refractivity contribution in [3.63, 3.8) is 0 Å². The number of halogens is 3. The van der Waals surface area contributed by atoms with Crippen molar-refractivity contribution >= 4 is 23.2 Å². The van der Waals surface area contributed by atoms with Crippen LogP contribution < -0.4 is 16.2 Å². The van der Waals surface area contributed by atoms with E-state index in [0.717, 1.165) is 12.1 Å². The third-order valence-electron chi connectivity index (χ3n) is 5.65. The number of nitrogens with one attached hydrogen (secondary N) is 2. The van der Waals surface area contributed by atoms with Gasteiger partial charge < -0.3 is 10.6 Å². The van der Waals surface area contributed by atoms with Gasteiger partial charge in [-0.1, -0.05) is 36.4 Å². The largest absolute Gasteiger partial charge is 0.417 e. The predicted octanol–water partition coefficient (Wildman–Crippen LogP) is 5.01. The number of hydrogen-bond donors (Lipinski definition) is 2. The lowest BCUT2D eigenvalue weighted by atomic mass is 10.1. The van der Waals surface area contributed by atoms with Crippen molar-refractivity contribution in [2.75, 3.05) is 10.6 Å². The van der Waals surface area contributed by atoms with Crippen LogP contribution in [0.3, 0.4) is 0 Å². The van der Waals surface area contributed by atoms with Gasteiger partial charge in [-0.25, -0.2) is 4.68 Å². The normalized spacial score (nSPS) is 11.2. The molecule has 184 valence electrons. The molecule has 1 aromatic heterocycles. The Bertz CT molecular complexity index is 1510. The molecule has 10 heteroatoms. The fourth-order valence-corrected chi connectivity index (χ4v) is 3.76. The number of carbonyl (C=O) groups is 2. The maximum atomic E-state index is 13.3. The number of aromatic nitrogens is 2. The topological polar surface area (TPSA) is 85.1 Å². The highest BCUT2D eigenvalue weighted by Crippen LogP contribution is 2.32. The van der Waals surface area contributed by atoms with Crippen molar-refractivity contribution in [1.29, 1.82) is 0 Å². The molecule has 4 rings (SSSR count). The van der Waals surface area contributed by atoms with Crippen LogP contribution in [0.15, 0.2) is 83.7 Å². The van der Waals surface area contributed by atoms with E-state index in [2.05, 4.69) is 10.6 Å². The molecule has 0 fully saturated rings. The summed E-state index contributed by atoms with van der Waals surface area (Å²) in [7, 11) is 1.69. The minimum absolute atomic E-state index is 0.0832. The summed E-state index contributed by atoms with van der Waals surface area (Å²) in [5.41, 5.74) is -0.584. The number of anilines is 2. The molecule has 0 radical (unpaired) electrons. The van der Waals surface area contributed by atoms with Crippen molar-refractivity contribution in [3.8, 4) is 5.69 Å². The molecule has 0 bridgehead atoms. The Balaban J connectivity index is 1.58. The van der Waals surface area contributed by atoms with Gasteiger partial charge in [-0.2, -0.15) is 13.2 Å². The summed E-state index contributed by atoms with van der Waals surface area (Å²) in [6.45, 7) is 1.69. The first-order valence-electron chi connectivity index (χ1n) is 10.8. The molecule has 1 heterocycles. The van der Waals surface area contributed by atoms with Gasteiger partial charge in [0.05, 0.1) is 22.5 Å². The number of benzene rings is 3. The fourth-order valence-electron chi connectivity index (χ4n) is 3.76. The molecule has 36 heavy (non-hydrogen) atoms. The zero-order valence-electron chi connectivity index (χ0n) is 19.3. The minimum atomic E-state index is -4.70. The number of alkyl halides is 3. The van der Waals surface area contributed by atoms with Gasteiger partial charge in [0.15, 0.2) is 0 Å². The van der Waals surface area contributed by atoms with Crippen LogP contribution in [0.25, 0.3) is 5.69 Å². The highest BCUT2D eigenvalue weighted by Gasteiger charge is 2.34. The lowest BCUT2D eigenvalue weighted by molar-refractivity contribution is -0.137. The SMILES string of the molecule is Cc1c(NC(=O)c2cccc(NC(=O)c3ccccc3C(F)(F)F)c2)c(=O)n(-c2ccccc2)n1C. The van der Waals surface area contributed by atoms with Crippen LogP contribution >= 0.6 is 0 Å². The number of hydrogen-bond acceptors (Lipinski definition) is 3. The van der Waals surface area contributed by atoms with Gasteiger partial charge in [-0.3, -0.25) is 19.1 Å². The lowest BCUT2D eigenvalue weighted by Crippen LogP contribution is -2.23. The van der Waals surface area contributed by atoms with E-state index >= 15 is 0 Å². The number of para-hydroxylation sites is 1. The Morgan fingerprint density at radius 2 is 1.50 bits per heavy atom. The monoisotopic (exact) mass is 494 g/mol. The molecule has 0 spiro atoms. The number of rotatable bonds is 5. The first-order valence-corrected chi connectivity index (χ1v) is 10.8. The van der Waals surface area contributed by atoms with Crippen molar-refractivity contribution in [2.45, 2.75) is 13.1 Å². The van der Waals surface area contributed by atoms with Gasteiger partial charge in [-0.15, -0.1) is 0 Å². The highest BCUT2D eigenvalue weighted by atomic mass is 19.4. The van der Waals surface area contributed by atoms with Crippen LogP contribution in [0.1, 0.15) is 32.0 Å². The van der Waals surface area contributed by atoms with Crippen LogP contribution in [-0.2, 0) is 13.2 Å². The molecule has 0 atom stereocenters. The standard InChI is InChI=1S/C26H21F3N4O3/c1-16-22(25(36)33(32(16)2)19-11-4-3-5-12-19)31-23(34)17-9-8-10-18(15-17)30-24(35)20-13-6-7-14-21(20)26(27,28)29/h3-15H,1-2H3,(H,30,35)(H,31,34). The van der Waals surface area contributed by atoms with E-state index in [-0.39, 0.29) is 16.9 Å². The van der Waals surface area contributed by atoms with Gasteiger partial charge in [0.1, 0.15) is 5.69 Å². The summed E-state index contributed by atoms with van der Waals surface area (Å²) >= 11 is 0. The zero-order chi connectivity index (χ0) is 26.0. The second-order valence-electron chi connectivity index (χ2n) is 7.97. The maximum Gasteiger partial charge on any atom is 0.417 e. The van der Waals surface area contributed by atoms with E-state index in [1.807, 2.05) is 6.07 Å². The van der Waals surface area contributed by atoms with Gasteiger partial charge in [0, 0.05) is 18.3 Å². The van der Waals surface area contributed by atoms with Crippen LogP contribution in [0, 0.1) is 6.92 Å². The van der Waals surface area contributed by atoms with Crippen molar-refractivity contribution in [1.82, 2.24) is 9.36 Å².